The number of anilines is 1. The van der Waals surface area contributed by atoms with E-state index in [1.54, 1.807) is 6.07 Å². The van der Waals surface area contributed by atoms with Gasteiger partial charge in [0.2, 0.25) is 0 Å². The topological polar surface area (TPSA) is 47.6 Å². The molecule has 70 valence electrons. The molecule has 1 rings (SSSR count). The van der Waals surface area contributed by atoms with E-state index in [1.165, 1.54) is 7.11 Å². The molecular formula is C9H11NO3. The maximum Gasteiger partial charge on any atom is 0.532 e. The smallest absolute Gasteiger partial charge is 0.436 e. The van der Waals surface area contributed by atoms with Crippen LogP contribution in [0.1, 0.15) is 5.56 Å². The molecule has 1 aromatic rings. The lowest BCUT2D eigenvalue weighted by atomic mass is 10.2. The summed E-state index contributed by atoms with van der Waals surface area (Å²) in [6.07, 6.45) is -0.762. The normalized spacial score (nSPS) is 9.08. The van der Waals surface area contributed by atoms with Crippen molar-refractivity contribution in [2.75, 3.05) is 12.6 Å². The van der Waals surface area contributed by atoms with E-state index in [1.807, 2.05) is 25.1 Å². The fourth-order valence-corrected chi connectivity index (χ4v) is 0.851. The second-order valence-electron chi connectivity index (χ2n) is 2.53. The van der Waals surface area contributed by atoms with Crippen molar-refractivity contribution in [3.63, 3.8) is 0 Å². The van der Waals surface area contributed by atoms with Crippen LogP contribution >= 0.6 is 0 Å². The molecule has 0 bridgehead atoms. The average molecular weight is 181 g/mol. The van der Waals surface area contributed by atoms with Crippen LogP contribution in [0.15, 0.2) is 24.3 Å². The van der Waals surface area contributed by atoms with E-state index in [0.29, 0.717) is 5.69 Å². The quantitative estimate of drug-likeness (QED) is 0.560. The van der Waals surface area contributed by atoms with E-state index in [-0.39, 0.29) is 0 Å². The Labute approximate surface area is 76.4 Å². The lowest BCUT2D eigenvalue weighted by Crippen LogP contribution is -2.09. The number of rotatable bonds is 2. The molecule has 13 heavy (non-hydrogen) atoms. The van der Waals surface area contributed by atoms with Crippen LogP contribution in [-0.2, 0) is 9.57 Å². The summed E-state index contributed by atoms with van der Waals surface area (Å²) in [7, 11) is 1.25. The number of carbonyl (C=O) groups excluding carboxylic acids is 1. The molecule has 0 fully saturated rings. The zero-order valence-corrected chi connectivity index (χ0v) is 7.53. The predicted octanol–water partition coefficient (Wildman–Crippen LogP) is 2.10. The van der Waals surface area contributed by atoms with Crippen LogP contribution in [0.3, 0.4) is 0 Å². The van der Waals surface area contributed by atoms with Crippen molar-refractivity contribution in [2.24, 2.45) is 0 Å². The summed E-state index contributed by atoms with van der Waals surface area (Å²) in [5.41, 5.74) is 4.26. The minimum absolute atomic E-state index is 0.713. The molecule has 0 spiro atoms. The van der Waals surface area contributed by atoms with Gasteiger partial charge < -0.3 is 9.57 Å². The van der Waals surface area contributed by atoms with Crippen molar-refractivity contribution >= 4 is 11.8 Å². The molecule has 0 saturated carbocycles. The molecule has 0 heterocycles. The van der Waals surface area contributed by atoms with Crippen LogP contribution in [0.5, 0.6) is 0 Å². The van der Waals surface area contributed by atoms with Crippen molar-refractivity contribution in [3.8, 4) is 0 Å². The standard InChI is InChI=1S/C9H11NO3/c1-7-4-3-5-8(6-7)10-13-9(11)12-2/h3-6,10H,1-2H3. The predicted molar refractivity (Wildman–Crippen MR) is 48.3 cm³/mol. The summed E-state index contributed by atoms with van der Waals surface area (Å²) < 4.78 is 4.28. The highest BCUT2D eigenvalue weighted by Gasteiger charge is 1.99. The first-order chi connectivity index (χ1) is 6.22. The average Bonchev–Trinajstić information content (AvgIpc) is 2.14. The minimum Gasteiger partial charge on any atom is -0.436 e. The Bertz CT molecular complexity index is 299. The number of benzene rings is 1. The first-order valence-electron chi connectivity index (χ1n) is 3.80. The van der Waals surface area contributed by atoms with E-state index in [0.717, 1.165) is 5.56 Å². The van der Waals surface area contributed by atoms with Crippen molar-refractivity contribution in [2.45, 2.75) is 6.92 Å². The third-order valence-electron chi connectivity index (χ3n) is 1.44. The van der Waals surface area contributed by atoms with Gasteiger partial charge in [-0.1, -0.05) is 12.1 Å². The van der Waals surface area contributed by atoms with Crippen LogP contribution in [0.25, 0.3) is 0 Å². The molecule has 0 amide bonds. The van der Waals surface area contributed by atoms with Crippen molar-refractivity contribution in [1.29, 1.82) is 0 Å². The number of hydrogen-bond donors (Lipinski definition) is 1. The molecular weight excluding hydrogens is 170 g/mol. The van der Waals surface area contributed by atoms with Gasteiger partial charge in [0.25, 0.3) is 0 Å². The fraction of sp³-hybridized carbons (Fsp3) is 0.222. The number of aryl methyl sites for hydroxylation is 1. The second kappa shape index (κ2) is 4.35. The van der Waals surface area contributed by atoms with Crippen LogP contribution in [0.4, 0.5) is 10.5 Å². The number of hydrogen-bond acceptors (Lipinski definition) is 4. The van der Waals surface area contributed by atoms with E-state index in [2.05, 4.69) is 15.1 Å². The number of nitrogens with one attached hydrogen (secondary N) is 1. The Morgan fingerprint density at radius 1 is 1.46 bits per heavy atom. The van der Waals surface area contributed by atoms with Crippen LogP contribution in [0, 0.1) is 6.92 Å². The van der Waals surface area contributed by atoms with Crippen LogP contribution in [0.2, 0.25) is 0 Å². The largest absolute Gasteiger partial charge is 0.532 e. The van der Waals surface area contributed by atoms with Gasteiger partial charge in [0.15, 0.2) is 0 Å². The molecule has 4 nitrogen and oxygen atoms in total. The first kappa shape index (κ1) is 9.38. The van der Waals surface area contributed by atoms with Gasteiger partial charge in [0.1, 0.15) is 0 Å². The third kappa shape index (κ3) is 3.02. The van der Waals surface area contributed by atoms with Gasteiger partial charge in [0, 0.05) is 0 Å². The first-order valence-corrected chi connectivity index (χ1v) is 3.80. The summed E-state index contributed by atoms with van der Waals surface area (Å²) in [6, 6.07) is 7.44. The molecule has 0 radical (unpaired) electrons. The summed E-state index contributed by atoms with van der Waals surface area (Å²) in [6.45, 7) is 1.95. The SMILES string of the molecule is COC(=O)ONc1cccc(C)c1. The van der Waals surface area contributed by atoms with E-state index >= 15 is 0 Å². The summed E-state index contributed by atoms with van der Waals surface area (Å²) in [4.78, 5) is 15.1. The lowest BCUT2D eigenvalue weighted by Gasteiger charge is -2.05. The summed E-state index contributed by atoms with van der Waals surface area (Å²) >= 11 is 0. The molecule has 1 N–H and O–H groups in total. The van der Waals surface area contributed by atoms with Gasteiger partial charge in [-0.2, -0.15) is 0 Å². The molecule has 4 heteroatoms. The Hall–Kier alpha value is -1.71. The zero-order valence-electron chi connectivity index (χ0n) is 7.53. The van der Waals surface area contributed by atoms with Gasteiger partial charge >= 0.3 is 6.16 Å². The monoisotopic (exact) mass is 181 g/mol. The molecule has 0 atom stereocenters. The molecule has 1 aromatic carbocycles. The molecule has 0 saturated heterocycles. The zero-order chi connectivity index (χ0) is 9.68. The summed E-state index contributed by atoms with van der Waals surface area (Å²) in [5, 5.41) is 0. The maximum atomic E-state index is 10.6. The second-order valence-corrected chi connectivity index (χ2v) is 2.53. The molecule has 0 aromatic heterocycles. The van der Waals surface area contributed by atoms with Crippen LogP contribution < -0.4 is 5.48 Å². The molecule has 0 unspecified atom stereocenters. The maximum absolute atomic E-state index is 10.6. The Morgan fingerprint density at radius 3 is 2.85 bits per heavy atom. The van der Waals surface area contributed by atoms with Gasteiger partial charge in [-0.15, -0.1) is 0 Å². The Kier molecular flexibility index (Phi) is 3.14. The molecule has 0 aliphatic carbocycles. The van der Waals surface area contributed by atoms with E-state index in [9.17, 15) is 4.79 Å². The van der Waals surface area contributed by atoms with Crippen molar-refractivity contribution in [3.05, 3.63) is 29.8 Å². The van der Waals surface area contributed by atoms with Gasteiger partial charge in [-0.25, -0.2) is 10.3 Å². The number of ether oxygens (including phenoxy) is 1. The summed E-state index contributed by atoms with van der Waals surface area (Å²) in [5.74, 6) is 0. The highest BCUT2D eigenvalue weighted by atomic mass is 16.8. The van der Waals surface area contributed by atoms with Gasteiger partial charge in [0.05, 0.1) is 12.8 Å². The number of carbonyl (C=O) groups is 1. The molecule has 0 aliphatic rings. The van der Waals surface area contributed by atoms with Crippen molar-refractivity contribution in [1.82, 2.24) is 0 Å². The Morgan fingerprint density at radius 2 is 2.23 bits per heavy atom. The van der Waals surface area contributed by atoms with E-state index in [4.69, 9.17) is 0 Å². The molecule has 0 aliphatic heterocycles. The van der Waals surface area contributed by atoms with Crippen molar-refractivity contribution < 1.29 is 14.4 Å². The third-order valence-corrected chi connectivity index (χ3v) is 1.44. The lowest BCUT2D eigenvalue weighted by molar-refractivity contribution is 0.0914. The Balaban J connectivity index is 2.50. The number of methoxy groups -OCH3 is 1. The fourth-order valence-electron chi connectivity index (χ4n) is 0.851. The van der Waals surface area contributed by atoms with Gasteiger partial charge in [-0.05, 0) is 24.6 Å². The highest BCUT2D eigenvalue weighted by molar-refractivity contribution is 5.61. The van der Waals surface area contributed by atoms with Crippen LogP contribution in [-0.4, -0.2) is 13.3 Å². The van der Waals surface area contributed by atoms with E-state index < -0.39 is 6.16 Å². The minimum atomic E-state index is -0.762. The highest BCUT2D eigenvalue weighted by Crippen LogP contribution is 2.09. The van der Waals surface area contributed by atoms with Gasteiger partial charge in [-0.3, -0.25) is 0 Å².